The fraction of sp³-hybridized carbons (Fsp3) is 0.400. The zero-order valence-electron chi connectivity index (χ0n) is 18.4. The van der Waals surface area contributed by atoms with Crippen molar-refractivity contribution >= 4 is 17.7 Å². The van der Waals surface area contributed by atoms with Gasteiger partial charge in [-0.3, -0.25) is 4.79 Å². The van der Waals surface area contributed by atoms with E-state index in [-0.39, 0.29) is 11.9 Å². The highest BCUT2D eigenvalue weighted by Crippen LogP contribution is 2.28. The quantitative estimate of drug-likeness (QED) is 0.667. The van der Waals surface area contributed by atoms with Crippen molar-refractivity contribution in [2.75, 3.05) is 32.2 Å². The molecular formula is C25H32N2O3. The van der Waals surface area contributed by atoms with Gasteiger partial charge in [-0.2, -0.15) is 0 Å². The minimum Gasteiger partial charge on any atom is -0.493 e. The average molecular weight is 409 g/mol. The van der Waals surface area contributed by atoms with E-state index in [1.165, 1.54) is 18.5 Å². The topological polar surface area (TPSA) is 50.8 Å². The van der Waals surface area contributed by atoms with Crippen LogP contribution in [0.4, 0.5) is 5.69 Å². The van der Waals surface area contributed by atoms with Crippen molar-refractivity contribution in [3.63, 3.8) is 0 Å². The molecule has 1 aliphatic rings. The Bertz CT molecular complexity index is 868. The van der Waals surface area contributed by atoms with Gasteiger partial charge in [-0.25, -0.2) is 0 Å². The van der Waals surface area contributed by atoms with E-state index in [0.717, 1.165) is 30.1 Å². The Hall–Kier alpha value is -2.95. The number of anilines is 1. The lowest BCUT2D eigenvalue weighted by Crippen LogP contribution is -2.32. The summed E-state index contributed by atoms with van der Waals surface area (Å²) >= 11 is 0. The molecule has 2 aromatic rings. The van der Waals surface area contributed by atoms with Crippen molar-refractivity contribution in [1.82, 2.24) is 5.32 Å². The predicted octanol–water partition coefficient (Wildman–Crippen LogP) is 4.83. The highest BCUT2D eigenvalue weighted by Gasteiger charge is 2.16. The van der Waals surface area contributed by atoms with E-state index in [4.69, 9.17) is 9.47 Å². The fourth-order valence-corrected chi connectivity index (χ4v) is 3.71. The maximum absolute atomic E-state index is 12.4. The second-order valence-corrected chi connectivity index (χ2v) is 7.94. The highest BCUT2D eigenvalue weighted by atomic mass is 16.5. The number of ether oxygens (including phenoxy) is 2. The molecule has 0 aromatic heterocycles. The third-order valence-electron chi connectivity index (χ3n) is 5.74. The Balaban J connectivity index is 1.57. The normalized spacial score (nSPS) is 15.8. The number of nitrogens with one attached hydrogen (secondary N) is 1. The first-order valence-corrected chi connectivity index (χ1v) is 10.6. The molecule has 2 aromatic carbocycles. The number of carbonyl (C=O) groups is 1. The van der Waals surface area contributed by atoms with E-state index in [1.54, 1.807) is 26.4 Å². The maximum Gasteiger partial charge on any atom is 0.244 e. The van der Waals surface area contributed by atoms with Crippen LogP contribution in [0.15, 0.2) is 48.5 Å². The van der Waals surface area contributed by atoms with E-state index in [1.807, 2.05) is 25.1 Å². The Morgan fingerprint density at radius 1 is 1.07 bits per heavy atom. The van der Waals surface area contributed by atoms with E-state index in [9.17, 15) is 4.79 Å². The van der Waals surface area contributed by atoms with Gasteiger partial charge in [0.15, 0.2) is 11.5 Å². The third-order valence-corrected chi connectivity index (χ3v) is 5.74. The summed E-state index contributed by atoms with van der Waals surface area (Å²) in [5.41, 5.74) is 3.23. The van der Waals surface area contributed by atoms with Crippen molar-refractivity contribution in [2.45, 2.75) is 32.7 Å². The van der Waals surface area contributed by atoms with Gasteiger partial charge in [0, 0.05) is 24.9 Å². The summed E-state index contributed by atoms with van der Waals surface area (Å²) in [5.74, 6) is 1.99. The van der Waals surface area contributed by atoms with Crippen molar-refractivity contribution in [1.29, 1.82) is 0 Å². The maximum atomic E-state index is 12.4. The van der Waals surface area contributed by atoms with Gasteiger partial charge in [-0.15, -0.1) is 0 Å². The molecule has 30 heavy (non-hydrogen) atoms. The van der Waals surface area contributed by atoms with Gasteiger partial charge in [0.1, 0.15) is 0 Å². The third kappa shape index (κ3) is 5.56. The second kappa shape index (κ2) is 10.2. The van der Waals surface area contributed by atoms with E-state index in [2.05, 4.69) is 41.4 Å². The van der Waals surface area contributed by atoms with Crippen molar-refractivity contribution in [3.8, 4) is 11.5 Å². The van der Waals surface area contributed by atoms with Gasteiger partial charge in [0.2, 0.25) is 5.91 Å². The molecule has 160 valence electrons. The molecule has 0 saturated carbocycles. The Kier molecular flexibility index (Phi) is 7.39. The predicted molar refractivity (Wildman–Crippen MR) is 122 cm³/mol. The number of hydrogen-bond donors (Lipinski definition) is 1. The first kappa shape index (κ1) is 21.8. The van der Waals surface area contributed by atoms with Crippen LogP contribution in [0.25, 0.3) is 6.08 Å². The summed E-state index contributed by atoms with van der Waals surface area (Å²) < 4.78 is 10.5. The summed E-state index contributed by atoms with van der Waals surface area (Å²) in [6.45, 7) is 6.56. The molecule has 0 aliphatic carbocycles. The first-order chi connectivity index (χ1) is 14.5. The molecule has 0 spiro atoms. The van der Waals surface area contributed by atoms with Crippen LogP contribution in [0, 0.1) is 5.92 Å². The van der Waals surface area contributed by atoms with E-state index >= 15 is 0 Å². The van der Waals surface area contributed by atoms with Crippen LogP contribution in [0.3, 0.4) is 0 Å². The molecule has 1 amide bonds. The second-order valence-electron chi connectivity index (χ2n) is 7.94. The molecule has 0 unspecified atom stereocenters. The molecule has 5 nitrogen and oxygen atoms in total. The number of benzene rings is 2. The molecule has 1 heterocycles. The Morgan fingerprint density at radius 3 is 2.37 bits per heavy atom. The smallest absolute Gasteiger partial charge is 0.244 e. The Labute approximate surface area is 179 Å². The molecule has 1 atom stereocenters. The largest absolute Gasteiger partial charge is 0.493 e. The van der Waals surface area contributed by atoms with Gasteiger partial charge < -0.3 is 19.7 Å². The Morgan fingerprint density at radius 2 is 1.73 bits per heavy atom. The van der Waals surface area contributed by atoms with E-state index in [0.29, 0.717) is 11.5 Å². The van der Waals surface area contributed by atoms with Crippen LogP contribution in [0.2, 0.25) is 0 Å². The number of nitrogens with zero attached hydrogens (tertiary/aromatic N) is 1. The summed E-state index contributed by atoms with van der Waals surface area (Å²) in [4.78, 5) is 14.8. The number of hydrogen-bond acceptors (Lipinski definition) is 4. The van der Waals surface area contributed by atoms with Crippen molar-refractivity contribution in [3.05, 3.63) is 59.7 Å². The molecule has 1 fully saturated rings. The minimum absolute atomic E-state index is 0.0667. The number of rotatable bonds is 7. The minimum atomic E-state index is -0.133. The molecule has 0 bridgehead atoms. The van der Waals surface area contributed by atoms with Gasteiger partial charge in [0.25, 0.3) is 0 Å². The van der Waals surface area contributed by atoms with Crippen LogP contribution in [-0.4, -0.2) is 33.2 Å². The highest BCUT2D eigenvalue weighted by molar-refractivity contribution is 5.92. The van der Waals surface area contributed by atoms with Crippen molar-refractivity contribution < 1.29 is 14.3 Å². The monoisotopic (exact) mass is 408 g/mol. The molecule has 5 heteroatoms. The zero-order chi connectivity index (χ0) is 21.5. The van der Waals surface area contributed by atoms with Gasteiger partial charge in [-0.1, -0.05) is 25.1 Å². The zero-order valence-corrected chi connectivity index (χ0v) is 18.4. The number of carbonyl (C=O) groups excluding carboxylic acids is 1. The average Bonchev–Trinajstić information content (AvgIpc) is 2.78. The lowest BCUT2D eigenvalue weighted by Gasteiger charge is -2.32. The summed E-state index contributed by atoms with van der Waals surface area (Å²) in [5, 5.41) is 3.03. The number of amides is 1. The van der Waals surface area contributed by atoms with Crippen LogP contribution >= 0.6 is 0 Å². The van der Waals surface area contributed by atoms with Crippen LogP contribution in [0.5, 0.6) is 11.5 Å². The number of piperidine rings is 1. The van der Waals surface area contributed by atoms with Crippen LogP contribution in [-0.2, 0) is 4.79 Å². The van der Waals surface area contributed by atoms with E-state index < -0.39 is 0 Å². The van der Waals surface area contributed by atoms with Crippen LogP contribution in [0.1, 0.15) is 43.9 Å². The molecule has 1 aliphatic heterocycles. The molecule has 3 rings (SSSR count). The summed E-state index contributed by atoms with van der Waals surface area (Å²) in [7, 11) is 3.19. The van der Waals surface area contributed by atoms with Gasteiger partial charge in [0.05, 0.1) is 20.3 Å². The number of methoxy groups -OCH3 is 2. The standard InChI is InChI=1S/C25H32N2O3/c1-18-13-15-27(16-14-18)22-9-7-21(8-10-22)19(2)26-25(28)12-6-20-5-11-23(29-3)24(17-20)30-4/h5-12,17-19H,13-16H2,1-4H3,(H,26,28)/b12-6+/t19-/m1/s1. The lowest BCUT2D eigenvalue weighted by atomic mass is 9.98. The molecule has 1 N–H and O–H groups in total. The molecule has 0 radical (unpaired) electrons. The first-order valence-electron chi connectivity index (χ1n) is 10.6. The molecular weight excluding hydrogens is 376 g/mol. The summed E-state index contributed by atoms with van der Waals surface area (Å²) in [6.07, 6.45) is 5.81. The SMILES string of the molecule is COc1ccc(/C=C/C(=O)N[C@H](C)c2ccc(N3CCC(C)CC3)cc2)cc1OC. The summed E-state index contributed by atoms with van der Waals surface area (Å²) in [6, 6.07) is 14.0. The molecule has 1 saturated heterocycles. The van der Waals surface area contributed by atoms with Gasteiger partial charge in [-0.05, 0) is 67.2 Å². The lowest BCUT2D eigenvalue weighted by molar-refractivity contribution is -0.117. The van der Waals surface area contributed by atoms with Crippen molar-refractivity contribution in [2.24, 2.45) is 5.92 Å². The fourth-order valence-electron chi connectivity index (χ4n) is 3.71. The van der Waals surface area contributed by atoms with Gasteiger partial charge >= 0.3 is 0 Å². The van der Waals surface area contributed by atoms with Crippen LogP contribution < -0.4 is 19.7 Å².